The van der Waals surface area contributed by atoms with E-state index in [2.05, 4.69) is 11.6 Å². The molecule has 96 valence electrons. The van der Waals surface area contributed by atoms with Gasteiger partial charge in [-0.25, -0.2) is 9.36 Å². The second-order valence-corrected chi connectivity index (χ2v) is 3.87. The third kappa shape index (κ3) is 1.79. The molecule has 0 radical (unpaired) electrons. The highest BCUT2D eigenvalue weighted by molar-refractivity contribution is 5.46. The zero-order chi connectivity index (χ0) is 13.3. The van der Waals surface area contributed by atoms with Crippen LogP contribution < -0.4 is 11.4 Å². The van der Waals surface area contributed by atoms with Crippen LogP contribution in [0, 0.1) is 0 Å². The lowest BCUT2D eigenvalue weighted by Crippen LogP contribution is -2.41. The monoisotopic (exact) mass is 251 g/mol. The van der Waals surface area contributed by atoms with Gasteiger partial charge in [0.25, 0.3) is 0 Å². The molecule has 0 bridgehead atoms. The molecule has 0 saturated carbocycles. The Bertz CT molecular complexity index is 566. The molecule has 0 amide bonds. The van der Waals surface area contributed by atoms with Gasteiger partial charge in [-0.05, 0) is 12.1 Å². The topological polar surface area (TPSA) is 111 Å². The molecular weight excluding hydrogens is 238 g/mol. The minimum Gasteiger partial charge on any atom is -0.462 e. The van der Waals surface area contributed by atoms with E-state index in [0.29, 0.717) is 0 Å². The molecule has 2 rings (SSSR count). The zero-order valence-corrected chi connectivity index (χ0v) is 9.48. The summed E-state index contributed by atoms with van der Waals surface area (Å²) in [5, 5.41) is 19.1. The van der Waals surface area contributed by atoms with Gasteiger partial charge in [0.1, 0.15) is 11.9 Å². The number of aliphatic hydroxyl groups is 2. The number of aliphatic hydroxyl groups excluding tert-OH is 2. The predicted molar refractivity (Wildman–Crippen MR) is 64.3 cm³/mol. The lowest BCUT2D eigenvalue weighted by Gasteiger charge is -2.26. The molecule has 1 aromatic heterocycles. The van der Waals surface area contributed by atoms with Crippen LogP contribution in [0.15, 0.2) is 35.8 Å². The van der Waals surface area contributed by atoms with E-state index in [1.807, 2.05) is 0 Å². The SMILES string of the molecule is C=C[C@]1(CO)OC(n2ccc(N)nc2=O)=C[C@@H]1O. The summed E-state index contributed by atoms with van der Waals surface area (Å²) in [7, 11) is 0. The average molecular weight is 251 g/mol. The van der Waals surface area contributed by atoms with Crippen molar-refractivity contribution in [2.24, 2.45) is 0 Å². The minimum absolute atomic E-state index is 0.0777. The molecule has 1 aliphatic rings. The third-order valence-corrected chi connectivity index (χ3v) is 2.75. The van der Waals surface area contributed by atoms with Crippen molar-refractivity contribution in [2.45, 2.75) is 11.7 Å². The summed E-state index contributed by atoms with van der Waals surface area (Å²) >= 11 is 0. The molecule has 0 saturated heterocycles. The molecule has 2 atom stereocenters. The molecule has 1 aromatic rings. The first kappa shape index (κ1) is 12.3. The van der Waals surface area contributed by atoms with E-state index in [1.54, 1.807) is 0 Å². The highest BCUT2D eigenvalue weighted by Crippen LogP contribution is 2.31. The molecule has 1 aliphatic heterocycles. The van der Waals surface area contributed by atoms with Gasteiger partial charge >= 0.3 is 5.69 Å². The molecule has 18 heavy (non-hydrogen) atoms. The quantitative estimate of drug-likeness (QED) is 0.590. The van der Waals surface area contributed by atoms with Gasteiger partial charge in [-0.2, -0.15) is 4.98 Å². The van der Waals surface area contributed by atoms with Crippen molar-refractivity contribution in [3.63, 3.8) is 0 Å². The largest absolute Gasteiger partial charge is 0.462 e. The maximum atomic E-state index is 11.6. The van der Waals surface area contributed by atoms with Crippen molar-refractivity contribution < 1.29 is 14.9 Å². The second-order valence-electron chi connectivity index (χ2n) is 3.87. The van der Waals surface area contributed by atoms with Crippen LogP contribution in [0.5, 0.6) is 0 Å². The normalized spacial score (nSPS) is 26.6. The van der Waals surface area contributed by atoms with E-state index < -0.39 is 24.0 Å². The first-order valence-electron chi connectivity index (χ1n) is 5.21. The number of nitrogen functional groups attached to an aromatic ring is 1. The second kappa shape index (κ2) is 4.28. The molecule has 0 aliphatic carbocycles. The molecule has 4 N–H and O–H groups in total. The van der Waals surface area contributed by atoms with Crippen molar-refractivity contribution in [3.8, 4) is 0 Å². The van der Waals surface area contributed by atoms with Gasteiger partial charge in [-0.1, -0.05) is 6.58 Å². The Kier molecular flexibility index (Phi) is 2.93. The van der Waals surface area contributed by atoms with E-state index in [9.17, 15) is 15.0 Å². The first-order chi connectivity index (χ1) is 8.52. The Balaban J connectivity index is 2.40. The summed E-state index contributed by atoms with van der Waals surface area (Å²) in [6.45, 7) is 3.04. The van der Waals surface area contributed by atoms with Gasteiger partial charge in [0.15, 0.2) is 5.60 Å². The number of nitrogens with zero attached hydrogens (tertiary/aromatic N) is 2. The van der Waals surface area contributed by atoms with Gasteiger partial charge in [-0.3, -0.25) is 0 Å². The maximum absolute atomic E-state index is 11.6. The summed E-state index contributed by atoms with van der Waals surface area (Å²) in [5.74, 6) is 0.168. The van der Waals surface area contributed by atoms with E-state index in [1.165, 1.54) is 24.4 Å². The van der Waals surface area contributed by atoms with Crippen LogP contribution >= 0.6 is 0 Å². The Labute approximate surface area is 102 Å². The molecule has 0 aromatic carbocycles. The Hall–Kier alpha value is -2.12. The van der Waals surface area contributed by atoms with Gasteiger partial charge in [-0.15, -0.1) is 0 Å². The number of hydrogen-bond acceptors (Lipinski definition) is 6. The highest BCUT2D eigenvalue weighted by atomic mass is 16.5. The van der Waals surface area contributed by atoms with E-state index in [0.717, 1.165) is 4.57 Å². The summed E-state index contributed by atoms with van der Waals surface area (Å²) in [5.41, 5.74) is 3.40. The molecular formula is C11H13N3O4. The van der Waals surface area contributed by atoms with E-state index >= 15 is 0 Å². The van der Waals surface area contributed by atoms with Crippen LogP contribution in [0.4, 0.5) is 5.82 Å². The van der Waals surface area contributed by atoms with Gasteiger partial charge in [0.2, 0.25) is 5.88 Å². The molecule has 0 unspecified atom stereocenters. The maximum Gasteiger partial charge on any atom is 0.356 e. The molecule has 7 heteroatoms. The highest BCUT2D eigenvalue weighted by Gasteiger charge is 2.42. The van der Waals surface area contributed by atoms with Crippen LogP contribution in [-0.4, -0.2) is 38.1 Å². The summed E-state index contributed by atoms with van der Waals surface area (Å²) in [6.07, 6.45) is 2.87. The third-order valence-electron chi connectivity index (χ3n) is 2.75. The van der Waals surface area contributed by atoms with Crippen molar-refractivity contribution in [1.82, 2.24) is 9.55 Å². The number of nitrogens with two attached hydrogens (primary N) is 1. The molecule has 0 fully saturated rings. The summed E-state index contributed by atoms with van der Waals surface area (Å²) < 4.78 is 6.48. The molecule has 2 heterocycles. The van der Waals surface area contributed by atoms with Crippen molar-refractivity contribution in [2.75, 3.05) is 12.3 Å². The van der Waals surface area contributed by atoms with Gasteiger partial charge in [0.05, 0.1) is 6.61 Å². The number of anilines is 1. The van der Waals surface area contributed by atoms with Crippen LogP contribution in [0.2, 0.25) is 0 Å². The standard InChI is InChI=1S/C11H13N3O4/c1-2-11(6-15)7(16)5-9(18-11)14-4-3-8(12)13-10(14)17/h2-5,7,15-16H,1,6H2,(H2,12,13,17)/t7-,11+/m0/s1. The fourth-order valence-electron chi connectivity index (χ4n) is 1.63. The Morgan fingerprint density at radius 3 is 2.94 bits per heavy atom. The molecule has 7 nitrogen and oxygen atoms in total. The number of rotatable bonds is 3. The van der Waals surface area contributed by atoms with Crippen LogP contribution in [0.3, 0.4) is 0 Å². The minimum atomic E-state index is -1.34. The van der Waals surface area contributed by atoms with Crippen molar-refractivity contribution in [1.29, 1.82) is 0 Å². The number of hydrogen-bond donors (Lipinski definition) is 3. The fourth-order valence-corrected chi connectivity index (χ4v) is 1.63. The predicted octanol–water partition coefficient (Wildman–Crippen LogP) is -1.07. The first-order valence-corrected chi connectivity index (χ1v) is 5.21. The Morgan fingerprint density at radius 1 is 1.72 bits per heavy atom. The van der Waals surface area contributed by atoms with Crippen LogP contribution in [0.1, 0.15) is 0 Å². The van der Waals surface area contributed by atoms with E-state index in [-0.39, 0.29) is 11.7 Å². The smallest absolute Gasteiger partial charge is 0.356 e. The zero-order valence-electron chi connectivity index (χ0n) is 9.48. The average Bonchev–Trinajstić information content (AvgIpc) is 2.67. The van der Waals surface area contributed by atoms with Gasteiger partial charge < -0.3 is 20.7 Å². The summed E-state index contributed by atoms with van der Waals surface area (Å²) in [4.78, 5) is 15.1. The van der Waals surface area contributed by atoms with Gasteiger partial charge in [0, 0.05) is 12.3 Å². The lowest BCUT2D eigenvalue weighted by molar-refractivity contribution is -0.0335. The number of ether oxygens (including phenoxy) is 1. The Morgan fingerprint density at radius 2 is 2.44 bits per heavy atom. The van der Waals surface area contributed by atoms with Crippen LogP contribution in [-0.2, 0) is 4.74 Å². The van der Waals surface area contributed by atoms with Crippen molar-refractivity contribution >= 4 is 11.7 Å². The summed E-state index contributed by atoms with van der Waals surface area (Å²) in [6, 6.07) is 1.42. The lowest BCUT2D eigenvalue weighted by atomic mass is 9.99. The van der Waals surface area contributed by atoms with E-state index in [4.69, 9.17) is 10.5 Å². The fraction of sp³-hybridized carbons (Fsp3) is 0.273. The van der Waals surface area contributed by atoms with Crippen molar-refractivity contribution in [3.05, 3.63) is 41.5 Å². The number of aromatic nitrogens is 2. The van der Waals surface area contributed by atoms with Crippen LogP contribution in [0.25, 0.3) is 5.88 Å². The molecule has 0 spiro atoms.